The summed E-state index contributed by atoms with van der Waals surface area (Å²) in [6.07, 6.45) is 3.29. The second kappa shape index (κ2) is 6.79. The van der Waals surface area contributed by atoms with Gasteiger partial charge in [-0.2, -0.15) is 5.10 Å². The fraction of sp³-hybridized carbons (Fsp3) is 0.111. The van der Waals surface area contributed by atoms with Gasteiger partial charge in [-0.1, -0.05) is 18.2 Å². The van der Waals surface area contributed by atoms with Gasteiger partial charge in [0.15, 0.2) is 0 Å². The lowest BCUT2D eigenvalue weighted by atomic mass is 10.2. The number of amides is 1. The SMILES string of the molecule is CCOc1ccc(/C=N\NC(=O)c2c[nH]c3ccccc23)cc1. The molecular weight excluding hydrogens is 290 g/mol. The number of carbonyl (C=O) groups excluding carboxylic acids is 1. The Kier molecular flexibility index (Phi) is 4.38. The van der Waals surface area contributed by atoms with Gasteiger partial charge in [-0.15, -0.1) is 0 Å². The largest absolute Gasteiger partial charge is 0.494 e. The summed E-state index contributed by atoms with van der Waals surface area (Å²) < 4.78 is 5.38. The molecule has 3 rings (SSSR count). The van der Waals surface area contributed by atoms with Gasteiger partial charge in [0.25, 0.3) is 5.91 Å². The van der Waals surface area contributed by atoms with Gasteiger partial charge >= 0.3 is 0 Å². The average Bonchev–Trinajstić information content (AvgIpc) is 3.01. The van der Waals surface area contributed by atoms with E-state index in [1.807, 2.05) is 55.5 Å². The third-order valence-electron chi connectivity index (χ3n) is 3.40. The molecule has 0 aliphatic rings. The van der Waals surface area contributed by atoms with Crippen molar-refractivity contribution in [1.29, 1.82) is 0 Å². The van der Waals surface area contributed by atoms with Crippen LogP contribution < -0.4 is 10.2 Å². The maximum absolute atomic E-state index is 12.2. The Labute approximate surface area is 134 Å². The summed E-state index contributed by atoms with van der Waals surface area (Å²) in [5.41, 5.74) is 4.92. The minimum absolute atomic E-state index is 0.246. The molecule has 23 heavy (non-hydrogen) atoms. The predicted octanol–water partition coefficient (Wildman–Crippen LogP) is 3.33. The van der Waals surface area contributed by atoms with Crippen LogP contribution in [0.5, 0.6) is 5.75 Å². The van der Waals surface area contributed by atoms with Gasteiger partial charge in [-0.05, 0) is 42.8 Å². The van der Waals surface area contributed by atoms with Crippen LogP contribution in [-0.2, 0) is 0 Å². The summed E-state index contributed by atoms with van der Waals surface area (Å²) in [4.78, 5) is 15.3. The number of aromatic amines is 1. The summed E-state index contributed by atoms with van der Waals surface area (Å²) >= 11 is 0. The topological polar surface area (TPSA) is 66.5 Å². The minimum atomic E-state index is -0.246. The molecule has 5 nitrogen and oxygen atoms in total. The fourth-order valence-electron chi connectivity index (χ4n) is 2.30. The van der Waals surface area contributed by atoms with E-state index in [-0.39, 0.29) is 5.91 Å². The molecule has 0 spiro atoms. The highest BCUT2D eigenvalue weighted by Crippen LogP contribution is 2.17. The average molecular weight is 307 g/mol. The maximum Gasteiger partial charge on any atom is 0.273 e. The number of aromatic nitrogens is 1. The number of hydrogen-bond donors (Lipinski definition) is 2. The molecule has 0 aliphatic carbocycles. The highest BCUT2D eigenvalue weighted by molar-refractivity contribution is 6.06. The van der Waals surface area contributed by atoms with Crippen LogP contribution in [0.15, 0.2) is 59.8 Å². The van der Waals surface area contributed by atoms with Crippen molar-refractivity contribution in [2.75, 3.05) is 6.61 Å². The molecule has 116 valence electrons. The molecule has 2 N–H and O–H groups in total. The second-order valence-electron chi connectivity index (χ2n) is 4.95. The highest BCUT2D eigenvalue weighted by atomic mass is 16.5. The van der Waals surface area contributed by atoms with Gasteiger partial charge in [0.1, 0.15) is 5.75 Å². The number of nitrogens with zero attached hydrogens (tertiary/aromatic N) is 1. The van der Waals surface area contributed by atoms with E-state index in [2.05, 4.69) is 15.5 Å². The highest BCUT2D eigenvalue weighted by Gasteiger charge is 2.10. The summed E-state index contributed by atoms with van der Waals surface area (Å²) in [7, 11) is 0. The van der Waals surface area contributed by atoms with Gasteiger partial charge in [0.05, 0.1) is 18.4 Å². The van der Waals surface area contributed by atoms with Crippen LogP contribution in [0.2, 0.25) is 0 Å². The first-order valence-electron chi connectivity index (χ1n) is 7.40. The van der Waals surface area contributed by atoms with E-state index in [9.17, 15) is 4.79 Å². The number of H-pyrrole nitrogens is 1. The normalized spacial score (nSPS) is 11.0. The summed E-state index contributed by atoms with van der Waals surface area (Å²) in [6, 6.07) is 15.1. The number of rotatable bonds is 5. The Bertz CT molecular complexity index is 835. The van der Waals surface area contributed by atoms with E-state index < -0.39 is 0 Å². The Morgan fingerprint density at radius 1 is 1.22 bits per heavy atom. The lowest BCUT2D eigenvalue weighted by molar-refractivity contribution is 0.0957. The van der Waals surface area contributed by atoms with E-state index in [0.717, 1.165) is 22.2 Å². The van der Waals surface area contributed by atoms with Gasteiger partial charge in [0, 0.05) is 17.1 Å². The van der Waals surface area contributed by atoms with Gasteiger partial charge in [-0.25, -0.2) is 5.43 Å². The first-order valence-corrected chi connectivity index (χ1v) is 7.40. The molecule has 0 saturated carbocycles. The standard InChI is InChI=1S/C18H17N3O2/c1-2-23-14-9-7-13(8-10-14)11-20-21-18(22)16-12-19-17-6-4-3-5-15(16)17/h3-12,19H,2H2,1H3,(H,21,22)/b20-11-. The predicted molar refractivity (Wildman–Crippen MR) is 91.0 cm³/mol. The number of hydrazone groups is 1. The molecule has 1 heterocycles. The van der Waals surface area contributed by atoms with Crippen molar-refractivity contribution in [1.82, 2.24) is 10.4 Å². The van der Waals surface area contributed by atoms with Crippen molar-refractivity contribution < 1.29 is 9.53 Å². The third kappa shape index (κ3) is 3.40. The molecule has 0 radical (unpaired) electrons. The summed E-state index contributed by atoms with van der Waals surface area (Å²) in [6.45, 7) is 2.57. The zero-order chi connectivity index (χ0) is 16.1. The zero-order valence-electron chi connectivity index (χ0n) is 12.7. The quantitative estimate of drug-likeness (QED) is 0.561. The maximum atomic E-state index is 12.2. The Morgan fingerprint density at radius 3 is 2.78 bits per heavy atom. The number of nitrogens with one attached hydrogen (secondary N) is 2. The van der Waals surface area contributed by atoms with E-state index in [1.54, 1.807) is 12.4 Å². The van der Waals surface area contributed by atoms with Crippen molar-refractivity contribution in [3.05, 3.63) is 65.9 Å². The van der Waals surface area contributed by atoms with Crippen LogP contribution >= 0.6 is 0 Å². The van der Waals surface area contributed by atoms with E-state index in [1.165, 1.54) is 0 Å². The van der Waals surface area contributed by atoms with Crippen molar-refractivity contribution in [2.24, 2.45) is 5.10 Å². The molecule has 2 aromatic carbocycles. The minimum Gasteiger partial charge on any atom is -0.494 e. The Morgan fingerprint density at radius 2 is 2.00 bits per heavy atom. The van der Waals surface area contributed by atoms with Crippen LogP contribution in [0.1, 0.15) is 22.8 Å². The molecule has 0 atom stereocenters. The molecule has 0 unspecified atom stereocenters. The Hall–Kier alpha value is -3.08. The third-order valence-corrected chi connectivity index (χ3v) is 3.40. The van der Waals surface area contributed by atoms with E-state index in [4.69, 9.17) is 4.74 Å². The van der Waals surface area contributed by atoms with E-state index in [0.29, 0.717) is 12.2 Å². The van der Waals surface area contributed by atoms with Crippen LogP contribution in [0.3, 0.4) is 0 Å². The van der Waals surface area contributed by atoms with Gasteiger partial charge in [-0.3, -0.25) is 4.79 Å². The van der Waals surface area contributed by atoms with Gasteiger partial charge < -0.3 is 9.72 Å². The molecule has 0 fully saturated rings. The monoisotopic (exact) mass is 307 g/mol. The molecular formula is C18H17N3O2. The lowest BCUT2D eigenvalue weighted by Gasteiger charge is -2.02. The summed E-state index contributed by atoms with van der Waals surface area (Å²) in [5, 5.41) is 4.88. The van der Waals surface area contributed by atoms with Crippen LogP contribution in [-0.4, -0.2) is 23.7 Å². The number of fused-ring (bicyclic) bond motifs is 1. The first kappa shape index (κ1) is 14.8. The molecule has 1 aromatic heterocycles. The van der Waals surface area contributed by atoms with Crippen molar-refractivity contribution in [3.63, 3.8) is 0 Å². The van der Waals surface area contributed by atoms with Crippen LogP contribution in [0.25, 0.3) is 10.9 Å². The number of para-hydroxylation sites is 1. The van der Waals surface area contributed by atoms with Crippen LogP contribution in [0, 0.1) is 0 Å². The van der Waals surface area contributed by atoms with Gasteiger partial charge in [0.2, 0.25) is 0 Å². The smallest absolute Gasteiger partial charge is 0.273 e. The van der Waals surface area contributed by atoms with E-state index >= 15 is 0 Å². The molecule has 3 aromatic rings. The molecule has 5 heteroatoms. The van der Waals surface area contributed by atoms with Crippen LogP contribution in [0.4, 0.5) is 0 Å². The molecule has 0 saturated heterocycles. The first-order chi connectivity index (χ1) is 11.3. The Balaban J connectivity index is 1.66. The summed E-state index contributed by atoms with van der Waals surface area (Å²) in [5.74, 6) is 0.567. The van der Waals surface area contributed by atoms with Crippen molar-refractivity contribution >= 4 is 23.0 Å². The number of hydrogen-bond acceptors (Lipinski definition) is 3. The number of carbonyl (C=O) groups is 1. The molecule has 0 bridgehead atoms. The second-order valence-corrected chi connectivity index (χ2v) is 4.95. The lowest BCUT2D eigenvalue weighted by Crippen LogP contribution is -2.17. The fourth-order valence-corrected chi connectivity index (χ4v) is 2.30. The number of benzene rings is 2. The molecule has 0 aliphatic heterocycles. The number of ether oxygens (including phenoxy) is 1. The van der Waals surface area contributed by atoms with Crippen molar-refractivity contribution in [2.45, 2.75) is 6.92 Å². The van der Waals surface area contributed by atoms with Crippen molar-refractivity contribution in [3.8, 4) is 5.75 Å². The molecule has 1 amide bonds. The zero-order valence-corrected chi connectivity index (χ0v) is 12.7.